The van der Waals surface area contributed by atoms with Crippen molar-refractivity contribution in [3.05, 3.63) is 18.1 Å². The van der Waals surface area contributed by atoms with Gasteiger partial charge in [-0.3, -0.25) is 4.98 Å². The van der Waals surface area contributed by atoms with E-state index in [4.69, 9.17) is 5.73 Å². The van der Waals surface area contributed by atoms with Gasteiger partial charge in [-0.15, -0.1) is 0 Å². The molecule has 18 heavy (non-hydrogen) atoms. The molecule has 2 aliphatic rings. The zero-order chi connectivity index (χ0) is 12.5. The van der Waals surface area contributed by atoms with Crippen molar-refractivity contribution in [2.75, 3.05) is 18.5 Å². The summed E-state index contributed by atoms with van der Waals surface area (Å²) >= 11 is 0. The van der Waals surface area contributed by atoms with Crippen LogP contribution in [0.2, 0.25) is 0 Å². The molecule has 4 nitrogen and oxygen atoms in total. The minimum absolute atomic E-state index is 0.461. The van der Waals surface area contributed by atoms with Gasteiger partial charge in [0.25, 0.3) is 0 Å². The van der Waals surface area contributed by atoms with Gasteiger partial charge >= 0.3 is 0 Å². The number of nitrogens with two attached hydrogens (primary N) is 1. The third kappa shape index (κ3) is 2.21. The largest absolute Gasteiger partial charge is 0.358 e. The molecular formula is C14H22N4. The van der Waals surface area contributed by atoms with Crippen LogP contribution in [0.4, 0.5) is 5.82 Å². The highest BCUT2D eigenvalue weighted by Crippen LogP contribution is 2.48. The maximum absolute atomic E-state index is 5.61. The Morgan fingerprint density at radius 3 is 2.89 bits per heavy atom. The van der Waals surface area contributed by atoms with Crippen molar-refractivity contribution in [3.63, 3.8) is 0 Å². The van der Waals surface area contributed by atoms with Crippen LogP contribution in [0.25, 0.3) is 0 Å². The molecule has 1 aromatic rings. The lowest BCUT2D eigenvalue weighted by molar-refractivity contribution is 0.337. The fourth-order valence-corrected chi connectivity index (χ4v) is 3.72. The third-order valence-corrected chi connectivity index (χ3v) is 4.66. The Balaban J connectivity index is 1.65. The van der Waals surface area contributed by atoms with Crippen LogP contribution in [0.5, 0.6) is 0 Å². The zero-order valence-corrected chi connectivity index (χ0v) is 11.0. The van der Waals surface area contributed by atoms with Crippen molar-refractivity contribution in [1.29, 1.82) is 0 Å². The van der Waals surface area contributed by atoms with E-state index < -0.39 is 0 Å². The Hall–Kier alpha value is -1.16. The summed E-state index contributed by atoms with van der Waals surface area (Å²) in [7, 11) is 2.12. The molecule has 2 saturated carbocycles. The quantitative estimate of drug-likeness (QED) is 0.880. The highest BCUT2D eigenvalue weighted by atomic mass is 15.2. The number of hydrogen-bond acceptors (Lipinski definition) is 4. The SMILES string of the molecule is CN(CC1CC2CCC1C2)c1cncc(CN)n1. The maximum Gasteiger partial charge on any atom is 0.147 e. The van der Waals surface area contributed by atoms with Crippen molar-refractivity contribution in [2.24, 2.45) is 23.5 Å². The summed E-state index contributed by atoms with van der Waals surface area (Å²) in [6.45, 7) is 1.58. The highest BCUT2D eigenvalue weighted by molar-refractivity contribution is 5.35. The van der Waals surface area contributed by atoms with E-state index in [1.54, 1.807) is 6.20 Å². The minimum atomic E-state index is 0.461. The molecule has 3 rings (SSSR count). The van der Waals surface area contributed by atoms with Crippen LogP contribution in [0.15, 0.2) is 12.4 Å². The molecule has 3 atom stereocenters. The fourth-order valence-electron chi connectivity index (χ4n) is 3.72. The van der Waals surface area contributed by atoms with Crippen molar-refractivity contribution in [3.8, 4) is 0 Å². The first-order valence-electron chi connectivity index (χ1n) is 6.98. The van der Waals surface area contributed by atoms with E-state index in [1.807, 2.05) is 6.20 Å². The lowest BCUT2D eigenvalue weighted by Gasteiger charge is -2.27. The number of nitrogens with zero attached hydrogens (tertiary/aromatic N) is 3. The molecular weight excluding hydrogens is 224 g/mol. The van der Waals surface area contributed by atoms with E-state index in [2.05, 4.69) is 21.9 Å². The molecule has 0 saturated heterocycles. The second-order valence-corrected chi connectivity index (χ2v) is 5.89. The highest BCUT2D eigenvalue weighted by Gasteiger charge is 2.39. The van der Waals surface area contributed by atoms with E-state index in [1.165, 1.54) is 25.7 Å². The smallest absolute Gasteiger partial charge is 0.147 e. The normalized spacial score (nSPS) is 29.8. The summed E-state index contributed by atoms with van der Waals surface area (Å²) in [6.07, 6.45) is 9.37. The molecule has 98 valence electrons. The Labute approximate surface area is 109 Å². The molecule has 0 amide bonds. The van der Waals surface area contributed by atoms with Crippen LogP contribution >= 0.6 is 0 Å². The summed E-state index contributed by atoms with van der Waals surface area (Å²) in [5.74, 6) is 3.79. The van der Waals surface area contributed by atoms with Crippen LogP contribution in [-0.2, 0) is 6.54 Å². The van der Waals surface area contributed by atoms with Gasteiger partial charge in [0.2, 0.25) is 0 Å². The topological polar surface area (TPSA) is 55.0 Å². The molecule has 0 spiro atoms. The standard InChI is InChI=1S/C14H22N4/c1-18(14-8-16-7-13(6-15)17-14)9-12-5-10-2-3-11(12)4-10/h7-8,10-12H,2-6,9,15H2,1H3. The first kappa shape index (κ1) is 11.9. The number of rotatable bonds is 4. The second kappa shape index (κ2) is 4.84. The summed E-state index contributed by atoms with van der Waals surface area (Å²) in [4.78, 5) is 11.0. The summed E-state index contributed by atoms with van der Waals surface area (Å²) in [5, 5.41) is 0. The van der Waals surface area contributed by atoms with Crippen molar-refractivity contribution >= 4 is 5.82 Å². The van der Waals surface area contributed by atoms with Gasteiger partial charge in [0.15, 0.2) is 0 Å². The van der Waals surface area contributed by atoms with Gasteiger partial charge in [-0.2, -0.15) is 0 Å². The lowest BCUT2D eigenvalue weighted by atomic mass is 9.88. The molecule has 3 unspecified atom stereocenters. The van der Waals surface area contributed by atoms with Crippen molar-refractivity contribution in [2.45, 2.75) is 32.2 Å². The van der Waals surface area contributed by atoms with Crippen LogP contribution in [0.3, 0.4) is 0 Å². The Kier molecular flexibility index (Phi) is 3.20. The van der Waals surface area contributed by atoms with Gasteiger partial charge in [-0.1, -0.05) is 6.42 Å². The summed E-state index contributed by atoms with van der Waals surface area (Å²) in [6, 6.07) is 0. The lowest BCUT2D eigenvalue weighted by Crippen LogP contribution is -2.29. The predicted molar refractivity (Wildman–Crippen MR) is 72.1 cm³/mol. The molecule has 4 heteroatoms. The Morgan fingerprint density at radius 2 is 2.22 bits per heavy atom. The average Bonchev–Trinajstić information content (AvgIpc) is 3.01. The summed E-state index contributed by atoms with van der Waals surface area (Å²) < 4.78 is 0. The van der Waals surface area contributed by atoms with E-state index in [9.17, 15) is 0 Å². The first-order valence-corrected chi connectivity index (χ1v) is 6.98. The van der Waals surface area contributed by atoms with Crippen LogP contribution in [-0.4, -0.2) is 23.6 Å². The van der Waals surface area contributed by atoms with Crippen molar-refractivity contribution < 1.29 is 0 Å². The van der Waals surface area contributed by atoms with E-state index in [0.717, 1.165) is 35.8 Å². The van der Waals surface area contributed by atoms with Crippen LogP contribution < -0.4 is 10.6 Å². The molecule has 0 radical (unpaired) electrons. The molecule has 2 aliphatic carbocycles. The molecule has 1 heterocycles. The van der Waals surface area contributed by atoms with E-state index in [-0.39, 0.29) is 0 Å². The van der Waals surface area contributed by atoms with Gasteiger partial charge < -0.3 is 10.6 Å². The summed E-state index contributed by atoms with van der Waals surface area (Å²) in [5.41, 5.74) is 6.48. The predicted octanol–water partition coefficient (Wildman–Crippen LogP) is 1.81. The Morgan fingerprint density at radius 1 is 1.33 bits per heavy atom. The molecule has 2 fully saturated rings. The first-order chi connectivity index (χ1) is 8.76. The average molecular weight is 246 g/mol. The van der Waals surface area contributed by atoms with Crippen molar-refractivity contribution in [1.82, 2.24) is 9.97 Å². The van der Waals surface area contributed by atoms with Gasteiger partial charge in [-0.05, 0) is 37.0 Å². The van der Waals surface area contributed by atoms with Gasteiger partial charge in [0.1, 0.15) is 5.82 Å². The second-order valence-electron chi connectivity index (χ2n) is 5.89. The maximum atomic E-state index is 5.61. The Bertz CT molecular complexity index is 420. The third-order valence-electron chi connectivity index (χ3n) is 4.66. The fraction of sp³-hybridized carbons (Fsp3) is 0.714. The molecule has 0 aliphatic heterocycles. The van der Waals surface area contributed by atoms with Gasteiger partial charge in [0.05, 0.1) is 11.9 Å². The minimum Gasteiger partial charge on any atom is -0.358 e. The van der Waals surface area contributed by atoms with Gasteiger partial charge in [0, 0.05) is 26.3 Å². The number of fused-ring (bicyclic) bond motifs is 2. The molecule has 2 bridgehead atoms. The molecule has 2 N–H and O–H groups in total. The molecule has 1 aromatic heterocycles. The van der Waals surface area contributed by atoms with Crippen LogP contribution in [0, 0.1) is 17.8 Å². The van der Waals surface area contributed by atoms with E-state index in [0.29, 0.717) is 6.54 Å². The monoisotopic (exact) mass is 246 g/mol. The number of anilines is 1. The van der Waals surface area contributed by atoms with E-state index >= 15 is 0 Å². The van der Waals surface area contributed by atoms with Crippen LogP contribution in [0.1, 0.15) is 31.4 Å². The van der Waals surface area contributed by atoms with Gasteiger partial charge in [-0.25, -0.2) is 4.98 Å². The zero-order valence-electron chi connectivity index (χ0n) is 11.0. The number of aromatic nitrogens is 2. The number of hydrogen-bond donors (Lipinski definition) is 1. The molecule has 0 aromatic carbocycles.